The molecule has 8 nitrogen and oxygen atoms in total. The Morgan fingerprint density at radius 2 is 1.64 bits per heavy atom. The number of nitrogens with one attached hydrogen (secondary N) is 3. The van der Waals surface area contributed by atoms with Crippen molar-refractivity contribution in [2.24, 2.45) is 0 Å². The maximum atomic E-state index is 8.94. The van der Waals surface area contributed by atoms with Gasteiger partial charge in [-0.3, -0.25) is 15.0 Å². The fourth-order valence-corrected chi connectivity index (χ4v) is 5.75. The lowest BCUT2D eigenvalue weighted by atomic mass is 10.00. The number of pyridine rings is 1. The predicted molar refractivity (Wildman–Crippen MR) is 139 cm³/mol. The second-order valence-corrected chi connectivity index (χ2v) is 9.48. The molecule has 0 spiro atoms. The quantitative estimate of drug-likeness (QED) is 0.333. The summed E-state index contributed by atoms with van der Waals surface area (Å²) in [6.07, 6.45) is 7.01. The molecule has 2 aliphatic rings. The van der Waals surface area contributed by atoms with Gasteiger partial charge in [-0.1, -0.05) is 48.5 Å². The van der Waals surface area contributed by atoms with Gasteiger partial charge in [0.05, 0.1) is 6.04 Å². The maximum absolute atomic E-state index is 8.94. The lowest BCUT2D eigenvalue weighted by Crippen LogP contribution is -2.17. The molecule has 4 heterocycles. The molecule has 2 aromatic carbocycles. The molecular weight excluding hydrogens is 448 g/mol. The lowest BCUT2D eigenvalue weighted by Gasteiger charge is -2.21. The number of hydrogen-bond acceptors (Lipinski definition) is 6. The van der Waals surface area contributed by atoms with Gasteiger partial charge in [-0.2, -0.15) is 10.1 Å². The second-order valence-electron chi connectivity index (χ2n) is 9.48. The molecule has 1 aliphatic carbocycles. The van der Waals surface area contributed by atoms with Crippen molar-refractivity contribution in [3.63, 3.8) is 0 Å². The van der Waals surface area contributed by atoms with Gasteiger partial charge in [0, 0.05) is 24.1 Å². The van der Waals surface area contributed by atoms with Crippen LogP contribution in [0.2, 0.25) is 0 Å². The highest BCUT2D eigenvalue weighted by molar-refractivity contribution is 5.90. The molecule has 5 aromatic rings. The van der Waals surface area contributed by atoms with Crippen LogP contribution in [0.25, 0.3) is 11.0 Å². The molecule has 8 heteroatoms. The molecule has 3 aromatic heterocycles. The highest BCUT2D eigenvalue weighted by atomic mass is 15.4. The van der Waals surface area contributed by atoms with E-state index < -0.39 is 0 Å². The molecule has 178 valence electrons. The Balaban J connectivity index is 1.53. The summed E-state index contributed by atoms with van der Waals surface area (Å²) in [6.45, 7) is 0. The van der Waals surface area contributed by atoms with E-state index in [2.05, 4.69) is 32.3 Å². The smallest absolute Gasteiger partial charge is 0.207 e. The minimum atomic E-state index is -0.211. The Bertz CT molecular complexity index is 1550. The standard InChI is InChI=1S/C28H26N8/c29-25-23-26(31-20-10-5-2-6-11-20)36(24(18-8-3-1-4-9-18)19-14-16-30-17-15-19)34-27(23)35-22-13-7-12-21(22)32-28(35)33-25/h1-6,8-11,14-17,21-22,24,31H,7,12-13H2,(H2,29,32,33)/t21-,22+,24?/m1/s1. The summed E-state index contributed by atoms with van der Waals surface area (Å²) in [4.78, 5) is 8.95. The summed E-state index contributed by atoms with van der Waals surface area (Å²) in [7, 11) is 0. The van der Waals surface area contributed by atoms with Crippen molar-refractivity contribution >= 4 is 28.5 Å². The van der Waals surface area contributed by atoms with Gasteiger partial charge in [0.2, 0.25) is 5.95 Å². The molecule has 0 bridgehead atoms. The lowest BCUT2D eigenvalue weighted by molar-refractivity contribution is 0.534. The first-order valence-electron chi connectivity index (χ1n) is 12.4. The largest absolute Gasteiger partial charge is 0.351 e. The number of nitrogens with zero attached hydrogens (tertiary/aromatic N) is 5. The second kappa shape index (κ2) is 8.34. The molecular formula is C28H26N8. The summed E-state index contributed by atoms with van der Waals surface area (Å²) < 4.78 is 4.25. The highest BCUT2D eigenvalue weighted by Gasteiger charge is 2.39. The van der Waals surface area contributed by atoms with Crippen molar-refractivity contribution in [3.05, 3.63) is 102 Å². The van der Waals surface area contributed by atoms with E-state index in [-0.39, 0.29) is 11.5 Å². The molecule has 1 aliphatic heterocycles. The van der Waals surface area contributed by atoms with E-state index in [1.807, 2.05) is 77.7 Å². The van der Waals surface area contributed by atoms with Crippen molar-refractivity contribution in [1.82, 2.24) is 24.3 Å². The highest BCUT2D eigenvalue weighted by Crippen LogP contribution is 2.42. The van der Waals surface area contributed by atoms with Gasteiger partial charge in [0.1, 0.15) is 17.2 Å². The third-order valence-electron chi connectivity index (χ3n) is 7.35. The van der Waals surface area contributed by atoms with Gasteiger partial charge < -0.3 is 10.6 Å². The van der Waals surface area contributed by atoms with Crippen molar-refractivity contribution in [1.29, 1.82) is 5.41 Å². The molecule has 36 heavy (non-hydrogen) atoms. The number of para-hydroxylation sites is 1. The summed E-state index contributed by atoms with van der Waals surface area (Å²) >= 11 is 0. The molecule has 1 saturated carbocycles. The van der Waals surface area contributed by atoms with Gasteiger partial charge in [0.25, 0.3) is 0 Å². The molecule has 3 atom stereocenters. The van der Waals surface area contributed by atoms with Crippen LogP contribution in [0.3, 0.4) is 0 Å². The molecule has 3 N–H and O–H groups in total. The summed E-state index contributed by atoms with van der Waals surface area (Å²) in [6, 6.07) is 24.9. The monoisotopic (exact) mass is 474 g/mol. The minimum absolute atomic E-state index is 0.211. The van der Waals surface area contributed by atoms with Crippen LogP contribution >= 0.6 is 0 Å². The molecule has 0 amide bonds. The first-order chi connectivity index (χ1) is 17.8. The van der Waals surface area contributed by atoms with Crippen LogP contribution in [0.1, 0.15) is 42.5 Å². The zero-order chi connectivity index (χ0) is 24.1. The first kappa shape index (κ1) is 20.9. The predicted octanol–water partition coefficient (Wildman–Crippen LogP) is 5.01. The van der Waals surface area contributed by atoms with Crippen LogP contribution in [0.5, 0.6) is 0 Å². The average molecular weight is 475 g/mol. The van der Waals surface area contributed by atoms with E-state index in [1.165, 1.54) is 6.42 Å². The zero-order valence-electron chi connectivity index (χ0n) is 19.7. The Morgan fingerprint density at radius 3 is 2.42 bits per heavy atom. The van der Waals surface area contributed by atoms with E-state index in [1.54, 1.807) is 0 Å². The van der Waals surface area contributed by atoms with Crippen LogP contribution in [0.15, 0.2) is 85.2 Å². The van der Waals surface area contributed by atoms with Crippen LogP contribution in [0.4, 0.5) is 17.5 Å². The van der Waals surface area contributed by atoms with E-state index in [9.17, 15) is 0 Å². The van der Waals surface area contributed by atoms with E-state index in [4.69, 9.17) is 15.5 Å². The number of hydrogen-bond donors (Lipinski definition) is 3. The van der Waals surface area contributed by atoms with Gasteiger partial charge >= 0.3 is 0 Å². The Hall–Kier alpha value is -4.46. The summed E-state index contributed by atoms with van der Waals surface area (Å²) in [5.41, 5.74) is 4.11. The van der Waals surface area contributed by atoms with E-state index in [0.717, 1.165) is 52.5 Å². The number of anilines is 3. The molecule has 1 fully saturated rings. The summed E-state index contributed by atoms with van der Waals surface area (Å²) in [5.74, 6) is 1.51. The van der Waals surface area contributed by atoms with Crippen molar-refractivity contribution < 1.29 is 0 Å². The number of aromatic nitrogens is 5. The van der Waals surface area contributed by atoms with Gasteiger partial charge in [-0.05, 0) is 54.7 Å². The van der Waals surface area contributed by atoms with Gasteiger partial charge in [-0.15, -0.1) is 0 Å². The van der Waals surface area contributed by atoms with Crippen LogP contribution in [-0.4, -0.2) is 30.4 Å². The van der Waals surface area contributed by atoms with E-state index in [0.29, 0.717) is 12.1 Å². The van der Waals surface area contributed by atoms with Crippen LogP contribution in [0, 0.1) is 5.41 Å². The third kappa shape index (κ3) is 3.29. The third-order valence-corrected chi connectivity index (χ3v) is 7.35. The van der Waals surface area contributed by atoms with Gasteiger partial charge in [0.15, 0.2) is 11.1 Å². The van der Waals surface area contributed by atoms with Crippen molar-refractivity contribution in [3.8, 4) is 0 Å². The fraction of sp³-hybridized carbons (Fsp3) is 0.214. The van der Waals surface area contributed by atoms with Crippen molar-refractivity contribution in [2.45, 2.75) is 37.4 Å². The SMILES string of the molecule is N=c1nc2n(c3nn(C(c4ccccc4)c4ccncc4)c(Nc4ccccc4)c13)[C@H]1CCC[C@H]1N2. The summed E-state index contributed by atoms with van der Waals surface area (Å²) in [5, 5.41) is 22.1. The number of rotatable bonds is 5. The molecule has 1 unspecified atom stereocenters. The number of fused-ring (bicyclic) bond motifs is 5. The van der Waals surface area contributed by atoms with Crippen molar-refractivity contribution in [2.75, 3.05) is 10.6 Å². The number of benzene rings is 2. The molecule has 7 rings (SSSR count). The Kier molecular flexibility index (Phi) is 4.83. The van der Waals surface area contributed by atoms with Crippen LogP contribution < -0.4 is 16.1 Å². The minimum Gasteiger partial charge on any atom is -0.351 e. The molecule has 0 radical (unpaired) electrons. The topological polar surface area (TPSA) is 96.4 Å². The zero-order valence-corrected chi connectivity index (χ0v) is 19.7. The maximum Gasteiger partial charge on any atom is 0.207 e. The Labute approximate surface area is 208 Å². The van der Waals surface area contributed by atoms with E-state index >= 15 is 0 Å². The Morgan fingerprint density at radius 1 is 0.917 bits per heavy atom. The van der Waals surface area contributed by atoms with Crippen LogP contribution in [-0.2, 0) is 0 Å². The molecule has 0 saturated heterocycles. The fourth-order valence-electron chi connectivity index (χ4n) is 5.75. The average Bonchev–Trinajstić information content (AvgIpc) is 3.60. The normalized spacial score (nSPS) is 19.0. The van der Waals surface area contributed by atoms with Gasteiger partial charge in [-0.25, -0.2) is 4.68 Å². The first-order valence-corrected chi connectivity index (χ1v) is 12.4.